The molecule has 2 aromatic carbocycles. The number of amides is 3. The Bertz CT molecular complexity index is 1130. The van der Waals surface area contributed by atoms with Gasteiger partial charge in [0.15, 0.2) is 0 Å². The zero-order chi connectivity index (χ0) is 25.1. The summed E-state index contributed by atoms with van der Waals surface area (Å²) in [5, 5.41) is 15.4. The molecule has 184 valence electrons. The van der Waals surface area contributed by atoms with E-state index in [1.807, 2.05) is 62.4 Å². The van der Waals surface area contributed by atoms with Crippen molar-refractivity contribution in [2.24, 2.45) is 5.92 Å². The van der Waals surface area contributed by atoms with Crippen LogP contribution in [0, 0.1) is 5.92 Å². The van der Waals surface area contributed by atoms with Gasteiger partial charge in [0.05, 0.1) is 12.1 Å². The zero-order valence-corrected chi connectivity index (χ0v) is 20.0. The van der Waals surface area contributed by atoms with Crippen molar-refractivity contribution in [2.75, 3.05) is 4.90 Å². The quantitative estimate of drug-likeness (QED) is 0.539. The number of nitrogens with zero attached hydrogens (tertiary/aromatic N) is 1. The molecule has 4 rings (SSSR count). The van der Waals surface area contributed by atoms with Crippen LogP contribution in [0.5, 0.6) is 0 Å². The number of anilines is 1. The lowest BCUT2D eigenvalue weighted by Gasteiger charge is -2.28. The van der Waals surface area contributed by atoms with Crippen LogP contribution in [0.2, 0.25) is 0 Å². The largest absolute Gasteiger partial charge is 0.480 e. The second-order valence-corrected chi connectivity index (χ2v) is 9.70. The standard InChI is InChI=1S/C27H31N3O5/c1-16(2)13-21(28-23(31)14-17-7-4-3-5-8-17)25(32)29-20-12-11-18-9-6-10-19-15-22(27(34)35)30(24(18)19)26(20)33/h3-10,16,20-22H,11-15H2,1-2H3,(H,28,31)(H,29,32)(H,34,35)/t20-,21-,22-/m0/s1. The third kappa shape index (κ3) is 5.37. The van der Waals surface area contributed by atoms with Gasteiger partial charge in [0.2, 0.25) is 17.7 Å². The summed E-state index contributed by atoms with van der Waals surface area (Å²) in [7, 11) is 0. The molecule has 2 aromatic rings. The number of carbonyl (C=O) groups excluding carboxylic acids is 3. The maximum atomic E-state index is 13.5. The van der Waals surface area contributed by atoms with E-state index in [0.29, 0.717) is 24.9 Å². The maximum absolute atomic E-state index is 13.5. The van der Waals surface area contributed by atoms with Gasteiger partial charge in [-0.2, -0.15) is 0 Å². The summed E-state index contributed by atoms with van der Waals surface area (Å²) < 4.78 is 0. The van der Waals surface area contributed by atoms with Crippen LogP contribution in [0.1, 0.15) is 43.4 Å². The second-order valence-electron chi connectivity index (χ2n) is 9.70. The number of nitrogens with one attached hydrogen (secondary N) is 2. The molecule has 3 atom stereocenters. The lowest BCUT2D eigenvalue weighted by molar-refractivity contribution is -0.140. The number of carbonyl (C=O) groups is 4. The highest BCUT2D eigenvalue weighted by Crippen LogP contribution is 2.39. The first-order chi connectivity index (χ1) is 16.7. The fourth-order valence-corrected chi connectivity index (χ4v) is 4.96. The summed E-state index contributed by atoms with van der Waals surface area (Å²) in [5.41, 5.74) is 3.25. The van der Waals surface area contributed by atoms with Gasteiger partial charge in [0, 0.05) is 6.42 Å². The Morgan fingerprint density at radius 3 is 2.46 bits per heavy atom. The number of hydrogen-bond acceptors (Lipinski definition) is 4. The third-order valence-electron chi connectivity index (χ3n) is 6.57. The van der Waals surface area contributed by atoms with Gasteiger partial charge in [0.1, 0.15) is 18.1 Å². The Hall–Kier alpha value is -3.68. The third-order valence-corrected chi connectivity index (χ3v) is 6.57. The molecular weight excluding hydrogens is 446 g/mol. The zero-order valence-electron chi connectivity index (χ0n) is 20.0. The van der Waals surface area contributed by atoms with E-state index >= 15 is 0 Å². The molecule has 8 heteroatoms. The topological polar surface area (TPSA) is 116 Å². The van der Waals surface area contributed by atoms with Gasteiger partial charge in [0.25, 0.3) is 0 Å². The predicted octanol–water partition coefficient (Wildman–Crippen LogP) is 2.23. The minimum absolute atomic E-state index is 0.134. The van der Waals surface area contributed by atoms with E-state index in [4.69, 9.17) is 0 Å². The average Bonchev–Trinajstić information content (AvgIpc) is 3.15. The number of carboxylic acid groups (broad SMARTS) is 1. The first-order valence-electron chi connectivity index (χ1n) is 12.0. The summed E-state index contributed by atoms with van der Waals surface area (Å²) in [6.45, 7) is 3.92. The number of aryl methyl sites for hydroxylation is 1. The molecule has 3 amide bonds. The molecule has 35 heavy (non-hydrogen) atoms. The van der Waals surface area contributed by atoms with E-state index in [9.17, 15) is 24.3 Å². The van der Waals surface area contributed by atoms with Crippen LogP contribution in [-0.2, 0) is 38.4 Å². The van der Waals surface area contributed by atoms with E-state index in [-0.39, 0.29) is 24.7 Å². The van der Waals surface area contributed by atoms with Crippen LogP contribution in [0.3, 0.4) is 0 Å². The first-order valence-corrected chi connectivity index (χ1v) is 12.0. The number of carboxylic acids is 1. The van der Waals surface area contributed by atoms with Crippen molar-refractivity contribution >= 4 is 29.4 Å². The molecule has 0 saturated heterocycles. The molecule has 3 N–H and O–H groups in total. The van der Waals surface area contributed by atoms with E-state index in [1.54, 1.807) is 0 Å². The summed E-state index contributed by atoms with van der Waals surface area (Å²) in [6, 6.07) is 12.2. The van der Waals surface area contributed by atoms with Crippen LogP contribution in [0.4, 0.5) is 5.69 Å². The average molecular weight is 478 g/mol. The Labute approximate surface area is 204 Å². The molecule has 0 fully saturated rings. The Morgan fingerprint density at radius 2 is 1.77 bits per heavy atom. The molecule has 0 unspecified atom stereocenters. The van der Waals surface area contributed by atoms with Crippen LogP contribution in [0.15, 0.2) is 48.5 Å². The maximum Gasteiger partial charge on any atom is 0.327 e. The molecule has 0 aliphatic carbocycles. The Balaban J connectivity index is 1.50. The summed E-state index contributed by atoms with van der Waals surface area (Å²) in [4.78, 5) is 52.7. The highest BCUT2D eigenvalue weighted by Gasteiger charge is 2.44. The van der Waals surface area contributed by atoms with Crippen molar-refractivity contribution in [1.29, 1.82) is 0 Å². The number of rotatable bonds is 8. The van der Waals surface area contributed by atoms with Gasteiger partial charge in [-0.15, -0.1) is 0 Å². The number of benzene rings is 2. The second kappa shape index (κ2) is 10.3. The lowest BCUT2D eigenvalue weighted by Crippen LogP contribution is -2.56. The van der Waals surface area contributed by atoms with Gasteiger partial charge in [-0.05, 0) is 41.9 Å². The molecule has 2 aliphatic heterocycles. The van der Waals surface area contributed by atoms with Crippen molar-refractivity contribution in [3.05, 3.63) is 65.2 Å². The van der Waals surface area contributed by atoms with Gasteiger partial charge >= 0.3 is 5.97 Å². The number of aliphatic carboxylic acids is 1. The van der Waals surface area contributed by atoms with Crippen molar-refractivity contribution in [2.45, 2.75) is 64.1 Å². The highest BCUT2D eigenvalue weighted by atomic mass is 16.4. The normalized spacial score (nSPS) is 19.6. The monoisotopic (exact) mass is 477 g/mol. The minimum atomic E-state index is -1.07. The number of hydrogen-bond donors (Lipinski definition) is 3. The predicted molar refractivity (Wildman–Crippen MR) is 131 cm³/mol. The van der Waals surface area contributed by atoms with Gasteiger partial charge in [-0.3, -0.25) is 19.3 Å². The lowest BCUT2D eigenvalue weighted by atomic mass is 10.00. The molecule has 0 bridgehead atoms. The molecule has 0 radical (unpaired) electrons. The van der Waals surface area contributed by atoms with Crippen LogP contribution < -0.4 is 15.5 Å². The van der Waals surface area contributed by atoms with Crippen molar-refractivity contribution in [3.8, 4) is 0 Å². The van der Waals surface area contributed by atoms with Crippen LogP contribution in [-0.4, -0.2) is 46.9 Å². The smallest absolute Gasteiger partial charge is 0.327 e. The number of para-hydroxylation sites is 1. The van der Waals surface area contributed by atoms with Crippen LogP contribution in [0.25, 0.3) is 0 Å². The summed E-state index contributed by atoms with van der Waals surface area (Å²) in [6.07, 6.45) is 1.71. The van der Waals surface area contributed by atoms with E-state index in [0.717, 1.165) is 16.7 Å². The first kappa shape index (κ1) is 24.4. The van der Waals surface area contributed by atoms with Crippen LogP contribution >= 0.6 is 0 Å². The fourth-order valence-electron chi connectivity index (χ4n) is 4.96. The van der Waals surface area contributed by atoms with Crippen molar-refractivity contribution in [3.63, 3.8) is 0 Å². The van der Waals surface area contributed by atoms with E-state index < -0.39 is 35.9 Å². The van der Waals surface area contributed by atoms with Gasteiger partial charge < -0.3 is 15.7 Å². The molecule has 0 spiro atoms. The molecule has 8 nitrogen and oxygen atoms in total. The summed E-state index contributed by atoms with van der Waals surface area (Å²) in [5.74, 6) is -2.07. The highest BCUT2D eigenvalue weighted by molar-refractivity contribution is 6.07. The van der Waals surface area contributed by atoms with E-state index in [2.05, 4.69) is 10.6 Å². The molecule has 0 aromatic heterocycles. The van der Waals surface area contributed by atoms with Gasteiger partial charge in [-0.25, -0.2) is 4.79 Å². The molecular formula is C27H31N3O5. The fraction of sp³-hybridized carbons (Fsp3) is 0.407. The summed E-state index contributed by atoms with van der Waals surface area (Å²) >= 11 is 0. The van der Waals surface area contributed by atoms with Crippen molar-refractivity contribution in [1.82, 2.24) is 10.6 Å². The molecule has 2 aliphatic rings. The Kier molecular flexibility index (Phi) is 7.19. The van der Waals surface area contributed by atoms with Gasteiger partial charge in [-0.1, -0.05) is 62.4 Å². The molecule has 0 saturated carbocycles. The molecule has 2 heterocycles. The SMILES string of the molecule is CC(C)C[C@H](NC(=O)Cc1ccccc1)C(=O)N[C@H]1CCc2cccc3c2N(C1=O)[C@H](C(=O)O)C3. The van der Waals surface area contributed by atoms with E-state index in [1.165, 1.54) is 4.90 Å². The minimum Gasteiger partial charge on any atom is -0.480 e. The van der Waals surface area contributed by atoms with Crippen molar-refractivity contribution < 1.29 is 24.3 Å². The Morgan fingerprint density at radius 1 is 1.06 bits per heavy atom.